The summed E-state index contributed by atoms with van der Waals surface area (Å²) in [6, 6.07) is 13.5. The average Bonchev–Trinajstić information content (AvgIpc) is 3.50. The van der Waals surface area contributed by atoms with Crippen LogP contribution in [0.3, 0.4) is 0 Å². The number of nitrogens with two attached hydrogens (primary N) is 1. The number of hydrogen-bond donors (Lipinski definition) is 2. The van der Waals surface area contributed by atoms with Gasteiger partial charge < -0.3 is 20.9 Å². The minimum Gasteiger partial charge on any atom is -0.368 e. The van der Waals surface area contributed by atoms with E-state index in [2.05, 4.69) is 25.3 Å². The third-order valence-corrected chi connectivity index (χ3v) is 6.30. The third-order valence-electron chi connectivity index (χ3n) is 6.30. The number of amides is 1. The minimum absolute atomic E-state index is 0.0956. The maximum Gasteiger partial charge on any atom is 0.253 e. The van der Waals surface area contributed by atoms with E-state index in [1.165, 1.54) is 30.6 Å². The molecular weight excluding hydrogens is 404 g/mol. The van der Waals surface area contributed by atoms with Crippen molar-refractivity contribution in [3.63, 3.8) is 0 Å². The normalized spacial score (nSPS) is 17.6. The first-order chi connectivity index (χ1) is 15.7. The van der Waals surface area contributed by atoms with Crippen LogP contribution in [0, 0.1) is 0 Å². The molecule has 0 atom stereocenters. The molecule has 32 heavy (non-hydrogen) atoms. The lowest BCUT2D eigenvalue weighted by Crippen LogP contribution is -2.45. The molecule has 9 nitrogen and oxygen atoms in total. The summed E-state index contributed by atoms with van der Waals surface area (Å²) in [7, 11) is 0. The first-order valence-corrected chi connectivity index (χ1v) is 11.2. The molecule has 2 aliphatic heterocycles. The molecule has 0 bridgehead atoms. The third kappa shape index (κ3) is 4.29. The number of anilines is 3. The van der Waals surface area contributed by atoms with Gasteiger partial charge in [0.25, 0.3) is 5.91 Å². The zero-order chi connectivity index (χ0) is 21.9. The molecule has 1 aromatic carbocycles. The van der Waals surface area contributed by atoms with Gasteiger partial charge in [0.15, 0.2) is 5.82 Å². The standard InChI is InChI=1S/C23H28N8O/c24-22-27-23(28-31(22)20-5-1-2-12-25-20)26-18-8-6-17(7-9-18)21(32)30-15-10-19(11-16-30)29-13-3-4-14-29/h1-2,5-9,12,19H,3-4,10-11,13-16H2,(H3,24,26,27,28). The number of nitrogen functional groups attached to an aromatic ring is 1. The van der Waals surface area contributed by atoms with Crippen molar-refractivity contribution in [1.29, 1.82) is 0 Å². The van der Waals surface area contributed by atoms with Gasteiger partial charge in [-0.3, -0.25) is 4.79 Å². The van der Waals surface area contributed by atoms with Gasteiger partial charge in [-0.25, -0.2) is 4.98 Å². The van der Waals surface area contributed by atoms with E-state index in [1.54, 1.807) is 6.20 Å². The van der Waals surface area contributed by atoms with Crippen molar-refractivity contribution in [2.75, 3.05) is 37.2 Å². The Labute approximate surface area is 187 Å². The number of pyridine rings is 1. The first kappa shape index (κ1) is 20.4. The van der Waals surface area contributed by atoms with Crippen molar-refractivity contribution in [1.82, 2.24) is 29.5 Å². The Morgan fingerprint density at radius 2 is 1.75 bits per heavy atom. The van der Waals surface area contributed by atoms with E-state index in [1.807, 2.05) is 47.4 Å². The number of piperidine rings is 1. The zero-order valence-electron chi connectivity index (χ0n) is 18.0. The first-order valence-electron chi connectivity index (χ1n) is 11.2. The number of hydrogen-bond acceptors (Lipinski definition) is 7. The van der Waals surface area contributed by atoms with Crippen LogP contribution in [0.25, 0.3) is 5.82 Å². The number of rotatable bonds is 5. The Kier molecular flexibility index (Phi) is 5.72. The van der Waals surface area contributed by atoms with Crippen LogP contribution in [0.15, 0.2) is 48.7 Å². The molecule has 0 spiro atoms. The largest absolute Gasteiger partial charge is 0.368 e. The monoisotopic (exact) mass is 432 g/mol. The summed E-state index contributed by atoms with van der Waals surface area (Å²) in [5.74, 6) is 1.31. The van der Waals surface area contributed by atoms with E-state index in [0.29, 0.717) is 23.4 Å². The Hall–Kier alpha value is -3.46. The van der Waals surface area contributed by atoms with Gasteiger partial charge in [-0.15, -0.1) is 5.10 Å². The van der Waals surface area contributed by atoms with Gasteiger partial charge in [0, 0.05) is 36.6 Å². The molecule has 9 heteroatoms. The van der Waals surface area contributed by atoms with Gasteiger partial charge in [-0.05, 0) is 75.2 Å². The van der Waals surface area contributed by atoms with Crippen LogP contribution in [0.2, 0.25) is 0 Å². The van der Waals surface area contributed by atoms with Gasteiger partial charge in [-0.1, -0.05) is 6.07 Å². The molecule has 4 heterocycles. The number of benzene rings is 1. The van der Waals surface area contributed by atoms with Crippen molar-refractivity contribution in [2.45, 2.75) is 31.7 Å². The van der Waals surface area contributed by atoms with Crippen LogP contribution in [-0.4, -0.2) is 67.7 Å². The molecule has 0 radical (unpaired) electrons. The summed E-state index contributed by atoms with van der Waals surface area (Å²) >= 11 is 0. The summed E-state index contributed by atoms with van der Waals surface area (Å²) in [5.41, 5.74) is 7.46. The Morgan fingerprint density at radius 3 is 2.44 bits per heavy atom. The summed E-state index contributed by atoms with van der Waals surface area (Å²) in [6.07, 6.45) is 6.43. The quantitative estimate of drug-likeness (QED) is 0.639. The average molecular weight is 433 g/mol. The van der Waals surface area contributed by atoms with Gasteiger partial charge in [0.2, 0.25) is 11.9 Å². The lowest BCUT2D eigenvalue weighted by Gasteiger charge is -2.36. The maximum atomic E-state index is 12.9. The Balaban J connectivity index is 1.20. The molecule has 2 aliphatic rings. The second-order valence-electron chi connectivity index (χ2n) is 8.36. The minimum atomic E-state index is 0.0956. The van der Waals surface area contributed by atoms with E-state index in [-0.39, 0.29) is 11.9 Å². The van der Waals surface area contributed by atoms with Crippen LogP contribution in [-0.2, 0) is 0 Å². The molecule has 5 rings (SSSR count). The van der Waals surface area contributed by atoms with Gasteiger partial charge in [0.1, 0.15) is 0 Å². The van der Waals surface area contributed by atoms with Gasteiger partial charge in [-0.2, -0.15) is 9.67 Å². The Bertz CT molecular complexity index is 1050. The summed E-state index contributed by atoms with van der Waals surface area (Å²) in [5, 5.41) is 7.51. The molecule has 0 unspecified atom stereocenters. The predicted molar refractivity (Wildman–Crippen MR) is 123 cm³/mol. The highest BCUT2D eigenvalue weighted by Crippen LogP contribution is 2.23. The van der Waals surface area contributed by atoms with Crippen molar-refractivity contribution >= 4 is 23.5 Å². The molecule has 2 fully saturated rings. The molecular formula is C23H28N8O. The van der Waals surface area contributed by atoms with Crippen LogP contribution in [0.5, 0.6) is 0 Å². The molecule has 0 saturated carbocycles. The second-order valence-corrected chi connectivity index (χ2v) is 8.36. The van der Waals surface area contributed by atoms with Crippen molar-refractivity contribution in [3.05, 3.63) is 54.2 Å². The lowest BCUT2D eigenvalue weighted by molar-refractivity contribution is 0.0644. The fourth-order valence-electron chi connectivity index (χ4n) is 4.57. The molecule has 0 aliphatic carbocycles. The van der Waals surface area contributed by atoms with Crippen LogP contribution < -0.4 is 11.1 Å². The van der Waals surface area contributed by atoms with E-state index >= 15 is 0 Å². The molecule has 3 aromatic rings. The van der Waals surface area contributed by atoms with Crippen LogP contribution in [0.4, 0.5) is 17.6 Å². The fraction of sp³-hybridized carbons (Fsp3) is 0.391. The highest BCUT2D eigenvalue weighted by molar-refractivity contribution is 5.94. The fourth-order valence-corrected chi connectivity index (χ4v) is 4.57. The number of likely N-dealkylation sites (tertiary alicyclic amines) is 2. The van der Waals surface area contributed by atoms with Gasteiger partial charge >= 0.3 is 0 Å². The zero-order valence-corrected chi connectivity index (χ0v) is 18.0. The van der Waals surface area contributed by atoms with E-state index in [9.17, 15) is 4.79 Å². The molecule has 1 amide bonds. The highest BCUT2D eigenvalue weighted by atomic mass is 16.2. The predicted octanol–water partition coefficient (Wildman–Crippen LogP) is 2.69. The van der Waals surface area contributed by atoms with Crippen molar-refractivity contribution in [2.24, 2.45) is 0 Å². The highest BCUT2D eigenvalue weighted by Gasteiger charge is 2.28. The molecule has 2 aromatic heterocycles. The number of carbonyl (C=O) groups is 1. The molecule has 3 N–H and O–H groups in total. The van der Waals surface area contributed by atoms with Crippen molar-refractivity contribution < 1.29 is 4.79 Å². The SMILES string of the molecule is Nc1nc(Nc2ccc(C(=O)N3CCC(N4CCCC4)CC3)cc2)nn1-c1ccccn1. The second kappa shape index (κ2) is 8.96. The van der Waals surface area contributed by atoms with Gasteiger partial charge in [0.05, 0.1) is 0 Å². The molecule has 2 saturated heterocycles. The summed E-state index contributed by atoms with van der Waals surface area (Å²) in [6.45, 7) is 4.09. The number of carbonyl (C=O) groups excluding carboxylic acids is 1. The van der Waals surface area contributed by atoms with Crippen LogP contribution in [0.1, 0.15) is 36.0 Å². The number of nitrogens with zero attached hydrogens (tertiary/aromatic N) is 6. The lowest BCUT2D eigenvalue weighted by atomic mass is 10.0. The number of nitrogens with one attached hydrogen (secondary N) is 1. The summed E-state index contributed by atoms with van der Waals surface area (Å²) < 4.78 is 1.48. The van der Waals surface area contributed by atoms with E-state index in [0.717, 1.165) is 31.6 Å². The smallest absolute Gasteiger partial charge is 0.253 e. The van der Waals surface area contributed by atoms with E-state index < -0.39 is 0 Å². The molecule has 166 valence electrons. The Morgan fingerprint density at radius 1 is 1.00 bits per heavy atom. The van der Waals surface area contributed by atoms with Crippen molar-refractivity contribution in [3.8, 4) is 5.82 Å². The summed E-state index contributed by atoms with van der Waals surface area (Å²) in [4.78, 5) is 26.0. The van der Waals surface area contributed by atoms with Crippen LogP contribution >= 0.6 is 0 Å². The maximum absolute atomic E-state index is 12.9. The topological polar surface area (TPSA) is 105 Å². The van der Waals surface area contributed by atoms with E-state index in [4.69, 9.17) is 5.73 Å². The number of aromatic nitrogens is 4.